The molecule has 0 aliphatic heterocycles. The van der Waals surface area contributed by atoms with Crippen molar-refractivity contribution in [2.24, 2.45) is 47.3 Å². The van der Waals surface area contributed by atoms with Crippen LogP contribution >= 0.6 is 11.3 Å². The normalized spacial score (nSPS) is 21.1. The number of anilines is 6. The Labute approximate surface area is 776 Å². The van der Waals surface area contributed by atoms with Crippen molar-refractivity contribution in [1.82, 2.24) is 0 Å². The van der Waals surface area contributed by atoms with Gasteiger partial charge in [0.15, 0.2) is 0 Å². The second-order valence-corrected chi connectivity index (χ2v) is 40.4. The van der Waals surface area contributed by atoms with Gasteiger partial charge in [-0.15, -0.1) is 11.3 Å². The van der Waals surface area contributed by atoms with E-state index in [2.05, 4.69) is 422 Å². The fourth-order valence-electron chi connectivity index (χ4n) is 27.3. The van der Waals surface area contributed by atoms with Crippen LogP contribution in [0.25, 0.3) is 153 Å². The van der Waals surface area contributed by atoms with Gasteiger partial charge < -0.3 is 14.2 Å². The summed E-state index contributed by atoms with van der Waals surface area (Å²) in [7, 11) is 0. The van der Waals surface area contributed by atoms with Gasteiger partial charge in [-0.25, -0.2) is 0 Å². The van der Waals surface area contributed by atoms with Crippen LogP contribution in [0.5, 0.6) is 0 Å². The zero-order valence-corrected chi connectivity index (χ0v) is 74.6. The molecule has 4 heteroatoms. The molecule has 2 aromatic heterocycles. The van der Waals surface area contributed by atoms with Gasteiger partial charge in [-0.05, 0) is 342 Å². The van der Waals surface area contributed by atoms with Gasteiger partial charge in [-0.1, -0.05) is 322 Å². The third kappa shape index (κ3) is 12.6. The summed E-state index contributed by atoms with van der Waals surface area (Å²) in [6.45, 7) is 0. The Morgan fingerprint density at radius 1 is 0.205 bits per heavy atom. The molecule has 0 unspecified atom stereocenters. The maximum atomic E-state index is 6.40. The highest BCUT2D eigenvalue weighted by Gasteiger charge is 2.63. The highest BCUT2D eigenvalue weighted by molar-refractivity contribution is 7.26. The quantitative estimate of drug-likeness (QED) is 0.108. The van der Waals surface area contributed by atoms with Gasteiger partial charge in [0.05, 0.1) is 10.4 Å². The van der Waals surface area contributed by atoms with Gasteiger partial charge in [-0.3, -0.25) is 0 Å². The molecule has 0 radical (unpaired) electrons. The molecule has 2 heterocycles. The Morgan fingerprint density at radius 3 is 1.03 bits per heavy atom. The Morgan fingerprint density at radius 2 is 0.530 bits per heavy atom. The van der Waals surface area contributed by atoms with Crippen LogP contribution in [-0.2, 0) is 10.8 Å². The first-order valence-electron chi connectivity index (χ1n) is 48.1. The lowest BCUT2D eigenvalue weighted by molar-refractivity contribution is -0.0399. The molecule has 132 heavy (non-hydrogen) atoms. The number of hydrogen-bond donors (Lipinski definition) is 0. The van der Waals surface area contributed by atoms with Crippen molar-refractivity contribution in [3.8, 4) is 111 Å². The summed E-state index contributed by atoms with van der Waals surface area (Å²) in [5, 5.41) is 4.86. The maximum absolute atomic E-state index is 6.40. The fraction of sp³-hybridized carbons (Fsp3) is 0.156. The summed E-state index contributed by atoms with van der Waals surface area (Å²) < 4.78 is 9.01. The first-order valence-corrected chi connectivity index (χ1v) is 49.0. The zero-order valence-electron chi connectivity index (χ0n) is 73.8. The van der Waals surface area contributed by atoms with Crippen LogP contribution in [0.3, 0.4) is 0 Å². The SMILES string of the molecule is c1ccc(-c2ccc(N(c3ccc(-c4ccc(-c5ccc(-c6ccc7c(c6)-c6ccccc6C76C7CC8CC(C7)CC6C8)cc5)cc4)cc3)c3cccc4c3sc3ccccc34)cc2)cc1.c1ccc(-c2ccc(N(c3ccc(-c4cccc(-c5ccccc5-c5ccc6c(c5)-c5ccccc5C65C6CC7CC(C6)CC5C7)c4)cc3)c3ccc4c(c3)oc3ccccc34)cc2)cc1. The Bertz CT molecular complexity index is 7820. The molecule has 8 saturated carbocycles. The van der Waals surface area contributed by atoms with E-state index in [1.807, 2.05) is 23.5 Å². The van der Waals surface area contributed by atoms with E-state index < -0.39 is 0 Å². The Kier molecular flexibility index (Phi) is 18.3. The number of nitrogens with zero attached hydrogens (tertiary/aromatic N) is 2. The second-order valence-electron chi connectivity index (χ2n) is 39.4. The summed E-state index contributed by atoms with van der Waals surface area (Å²) in [5.41, 5.74) is 41.0. The number of furan rings is 1. The largest absolute Gasteiger partial charge is 0.456 e. The van der Waals surface area contributed by atoms with Crippen molar-refractivity contribution in [2.45, 2.75) is 75.0 Å². The van der Waals surface area contributed by atoms with E-state index in [1.54, 1.807) is 22.3 Å². The van der Waals surface area contributed by atoms with Crippen molar-refractivity contribution < 1.29 is 4.42 Å². The fourth-order valence-corrected chi connectivity index (χ4v) is 28.5. The number of fused-ring (bicyclic) bond motifs is 12. The van der Waals surface area contributed by atoms with Gasteiger partial charge in [0.1, 0.15) is 11.2 Å². The van der Waals surface area contributed by atoms with Crippen LogP contribution in [0.15, 0.2) is 429 Å². The molecule has 2 spiro atoms. The van der Waals surface area contributed by atoms with Gasteiger partial charge in [0, 0.05) is 71.6 Å². The lowest BCUT2D eigenvalue weighted by Gasteiger charge is -2.61. The zero-order chi connectivity index (χ0) is 86.7. The standard InChI is InChI=1S/C64H49NO.C64H49NS/c1-2-11-43(12-3-1)44-21-26-51(27-22-44)65(53-30-31-58-57-18-7-9-20-62(57)66-63(58)40-53)52-28-23-45(24-29-52)46-13-10-14-47(38-46)54-15-4-5-16-55(54)48-25-32-61-59(39-48)56-17-6-8-19-60(56)64(61)49-34-41-33-42(36-49)37-50(64)35-41;1-2-9-43(10-3-1)47-25-30-53(31-26-47)65(61-15-8-13-57-56-12-5-7-16-62(56)66-63(57)61)54-32-27-48(28-33-54)46-19-17-44(18-20-46)45-21-23-49(24-22-45)50-29-34-60-58(40-50)55-11-4-6-14-59(55)64(60)51-36-41-35-42(38-51)39-52(64)37-41/h1-32,38-42,49-50H,33-37H2;1-34,40-42,51-52H,35-39H2. The number of rotatable bonds is 14. The third-order valence-corrected chi connectivity index (χ3v) is 33.8. The van der Waals surface area contributed by atoms with Crippen LogP contribution in [0.1, 0.15) is 86.5 Å². The highest BCUT2D eigenvalue weighted by atomic mass is 32.1. The van der Waals surface area contributed by atoms with E-state index in [4.69, 9.17) is 4.42 Å². The van der Waals surface area contributed by atoms with E-state index in [1.165, 1.54) is 201 Å². The summed E-state index contributed by atoms with van der Waals surface area (Å²) in [6.07, 6.45) is 14.3. The van der Waals surface area contributed by atoms with E-state index in [9.17, 15) is 0 Å². The summed E-state index contributed by atoms with van der Waals surface area (Å²) in [5.74, 6) is 6.94. The first-order chi connectivity index (χ1) is 65.3. The average molecular weight is 1710 g/mol. The van der Waals surface area contributed by atoms with Crippen LogP contribution in [0.2, 0.25) is 0 Å². The van der Waals surface area contributed by atoms with Gasteiger partial charge in [-0.2, -0.15) is 0 Å². The van der Waals surface area contributed by atoms with Crippen LogP contribution in [-0.4, -0.2) is 0 Å². The van der Waals surface area contributed by atoms with Crippen molar-refractivity contribution in [3.05, 3.63) is 447 Å². The smallest absolute Gasteiger partial charge is 0.137 e. The number of para-hydroxylation sites is 1. The maximum Gasteiger partial charge on any atom is 0.137 e. The topological polar surface area (TPSA) is 19.6 Å². The van der Waals surface area contributed by atoms with Crippen LogP contribution in [0.4, 0.5) is 34.1 Å². The molecule has 0 amide bonds. The van der Waals surface area contributed by atoms with Crippen molar-refractivity contribution >= 4 is 87.6 Å². The second kappa shape index (κ2) is 31.2. The lowest BCUT2D eigenvalue weighted by Crippen LogP contribution is -2.55. The molecule has 8 fully saturated rings. The van der Waals surface area contributed by atoms with Gasteiger partial charge in [0.2, 0.25) is 0 Å². The van der Waals surface area contributed by atoms with Gasteiger partial charge >= 0.3 is 0 Å². The minimum Gasteiger partial charge on any atom is -0.456 e. The molecule has 632 valence electrons. The number of thiophene rings is 1. The molecule has 0 saturated heterocycles. The average Bonchev–Trinajstić information content (AvgIpc) is 1.51. The first kappa shape index (κ1) is 77.5. The summed E-state index contributed by atoms with van der Waals surface area (Å²) in [6, 6.07) is 158. The Hall–Kier alpha value is -14.4. The predicted molar refractivity (Wildman–Crippen MR) is 552 cm³/mol. The minimum absolute atomic E-state index is 0.188. The highest BCUT2D eigenvalue weighted by Crippen LogP contribution is 2.72. The molecule has 10 aliphatic rings. The number of benzene rings is 18. The molecule has 0 N–H and O–H groups in total. The third-order valence-electron chi connectivity index (χ3n) is 32.6. The monoisotopic (exact) mass is 1710 g/mol. The molecule has 20 aromatic rings. The molecular formula is C128H98N2OS. The predicted octanol–water partition coefficient (Wildman–Crippen LogP) is 35.4. The summed E-state index contributed by atoms with van der Waals surface area (Å²) in [4.78, 5) is 4.75. The lowest BCUT2D eigenvalue weighted by atomic mass is 9.43. The molecule has 0 atom stereocenters. The van der Waals surface area contributed by atoms with E-state index in [0.29, 0.717) is 0 Å². The van der Waals surface area contributed by atoms with Crippen LogP contribution in [0, 0.1) is 47.3 Å². The molecule has 10 aliphatic carbocycles. The van der Waals surface area contributed by atoms with Crippen molar-refractivity contribution in [1.29, 1.82) is 0 Å². The van der Waals surface area contributed by atoms with Crippen molar-refractivity contribution in [2.75, 3.05) is 9.80 Å². The summed E-state index contributed by atoms with van der Waals surface area (Å²) >= 11 is 1.87. The van der Waals surface area contributed by atoms with E-state index >= 15 is 0 Å². The molecule has 18 aromatic carbocycles. The van der Waals surface area contributed by atoms with E-state index in [-0.39, 0.29) is 10.8 Å². The van der Waals surface area contributed by atoms with Crippen LogP contribution < -0.4 is 9.80 Å². The van der Waals surface area contributed by atoms with Crippen molar-refractivity contribution in [3.63, 3.8) is 0 Å². The minimum atomic E-state index is 0.188. The molecule has 30 rings (SSSR count). The molecule has 8 bridgehead atoms. The molecule has 3 nitrogen and oxygen atoms in total. The number of hydrogen-bond acceptors (Lipinski definition) is 4. The Balaban J connectivity index is 0.000000135. The van der Waals surface area contributed by atoms with Gasteiger partial charge in [0.25, 0.3) is 0 Å². The molecular weight excluding hydrogens is 1610 g/mol. The van der Waals surface area contributed by atoms with E-state index in [0.717, 1.165) is 97.7 Å².